The molecule has 6 heteroatoms. The Balaban J connectivity index is 1.64. The number of fused-ring (bicyclic) bond motifs is 1. The Morgan fingerprint density at radius 2 is 1.86 bits per heavy atom. The minimum atomic E-state index is -3.33. The Hall–Kier alpha value is -0.950. The summed E-state index contributed by atoms with van der Waals surface area (Å²) in [6.45, 7) is 5.51. The van der Waals surface area contributed by atoms with Crippen LogP contribution in [0, 0.1) is 11.8 Å². The summed E-state index contributed by atoms with van der Waals surface area (Å²) in [5.41, 5.74) is 1.18. The highest BCUT2D eigenvalue weighted by Gasteiger charge is 2.32. The second-order valence-electron chi connectivity index (χ2n) is 6.63. The molecule has 2 saturated heterocycles. The lowest BCUT2D eigenvalue weighted by molar-refractivity contribution is 0.142. The third-order valence-corrected chi connectivity index (χ3v) is 6.73. The minimum Gasteiger partial charge on any atom is -0.316 e. The van der Waals surface area contributed by atoms with Gasteiger partial charge in [-0.05, 0) is 55.6 Å². The van der Waals surface area contributed by atoms with E-state index in [9.17, 15) is 8.42 Å². The van der Waals surface area contributed by atoms with E-state index in [-0.39, 0.29) is 0 Å². The van der Waals surface area contributed by atoms with Crippen LogP contribution in [0.5, 0.6) is 0 Å². The van der Waals surface area contributed by atoms with Crippen LogP contribution < -0.4 is 5.32 Å². The average Bonchev–Trinajstić information content (AvgIpc) is 2.95. The fourth-order valence-corrected chi connectivity index (χ4v) is 4.39. The van der Waals surface area contributed by atoms with Crippen molar-refractivity contribution in [2.45, 2.75) is 17.9 Å². The molecule has 22 heavy (non-hydrogen) atoms. The molecule has 122 valence electrons. The van der Waals surface area contributed by atoms with Gasteiger partial charge < -0.3 is 5.32 Å². The normalized spacial score (nSPS) is 26.3. The van der Waals surface area contributed by atoms with Gasteiger partial charge in [-0.1, -0.05) is 12.1 Å². The maximum absolute atomic E-state index is 12.1. The van der Waals surface area contributed by atoms with Crippen molar-refractivity contribution in [1.82, 2.24) is 14.5 Å². The SMILES string of the molecule is CN(C)S(=O)(=O)c1ccc(CN2CCC3CNCC3C2)cc1. The van der Waals surface area contributed by atoms with E-state index in [0.717, 1.165) is 38.0 Å². The molecule has 1 N–H and O–H groups in total. The quantitative estimate of drug-likeness (QED) is 0.897. The van der Waals surface area contributed by atoms with Crippen molar-refractivity contribution in [2.75, 3.05) is 40.3 Å². The second kappa shape index (κ2) is 6.28. The van der Waals surface area contributed by atoms with Crippen LogP contribution in [0.3, 0.4) is 0 Å². The molecule has 0 aliphatic carbocycles. The maximum atomic E-state index is 12.1. The van der Waals surface area contributed by atoms with Crippen LogP contribution in [0.25, 0.3) is 0 Å². The number of piperidine rings is 1. The molecular formula is C16H25N3O2S. The van der Waals surface area contributed by atoms with Gasteiger partial charge in [0.1, 0.15) is 0 Å². The molecule has 2 unspecified atom stereocenters. The summed E-state index contributed by atoms with van der Waals surface area (Å²) in [5, 5.41) is 3.49. The van der Waals surface area contributed by atoms with Gasteiger partial charge in [-0.2, -0.15) is 0 Å². The van der Waals surface area contributed by atoms with Gasteiger partial charge in [0.15, 0.2) is 0 Å². The largest absolute Gasteiger partial charge is 0.316 e. The number of sulfonamides is 1. The number of likely N-dealkylation sites (tertiary alicyclic amines) is 1. The molecule has 0 saturated carbocycles. The van der Waals surface area contributed by atoms with Gasteiger partial charge in [-0.3, -0.25) is 4.90 Å². The van der Waals surface area contributed by atoms with Gasteiger partial charge in [-0.25, -0.2) is 12.7 Å². The summed E-state index contributed by atoms with van der Waals surface area (Å²) in [6.07, 6.45) is 1.27. The summed E-state index contributed by atoms with van der Waals surface area (Å²) in [7, 11) is -0.210. The summed E-state index contributed by atoms with van der Waals surface area (Å²) >= 11 is 0. The highest BCUT2D eigenvalue weighted by atomic mass is 32.2. The first-order valence-corrected chi connectivity index (χ1v) is 9.35. The third kappa shape index (κ3) is 3.20. The first-order valence-electron chi connectivity index (χ1n) is 7.91. The molecule has 0 aromatic heterocycles. The minimum absolute atomic E-state index is 0.361. The summed E-state index contributed by atoms with van der Waals surface area (Å²) in [5.74, 6) is 1.63. The van der Waals surface area contributed by atoms with Gasteiger partial charge in [0.2, 0.25) is 10.0 Å². The van der Waals surface area contributed by atoms with Crippen molar-refractivity contribution in [3.63, 3.8) is 0 Å². The predicted octanol–water partition coefficient (Wildman–Crippen LogP) is 0.978. The molecule has 2 atom stereocenters. The Morgan fingerprint density at radius 3 is 2.55 bits per heavy atom. The lowest BCUT2D eigenvalue weighted by Crippen LogP contribution is -2.39. The molecule has 1 aromatic rings. The van der Waals surface area contributed by atoms with Gasteiger partial charge in [-0.15, -0.1) is 0 Å². The first kappa shape index (κ1) is 15.9. The standard InChI is InChI=1S/C16H25N3O2S/c1-18(2)22(20,21)16-5-3-13(4-6-16)11-19-8-7-14-9-17-10-15(14)12-19/h3-6,14-15,17H,7-12H2,1-2H3. The molecule has 2 fully saturated rings. The third-order valence-electron chi connectivity index (χ3n) is 4.90. The zero-order valence-corrected chi connectivity index (χ0v) is 14.1. The molecule has 2 heterocycles. The van der Waals surface area contributed by atoms with E-state index < -0.39 is 10.0 Å². The van der Waals surface area contributed by atoms with E-state index in [1.54, 1.807) is 26.2 Å². The highest BCUT2D eigenvalue weighted by Crippen LogP contribution is 2.27. The van der Waals surface area contributed by atoms with Gasteiger partial charge in [0, 0.05) is 27.2 Å². The van der Waals surface area contributed by atoms with Gasteiger partial charge >= 0.3 is 0 Å². The molecule has 2 aliphatic heterocycles. The van der Waals surface area contributed by atoms with Crippen LogP contribution in [-0.2, 0) is 16.6 Å². The molecule has 0 amide bonds. The van der Waals surface area contributed by atoms with Crippen LogP contribution in [0.15, 0.2) is 29.2 Å². The highest BCUT2D eigenvalue weighted by molar-refractivity contribution is 7.89. The van der Waals surface area contributed by atoms with E-state index in [1.807, 2.05) is 12.1 Å². The molecule has 0 bridgehead atoms. The topological polar surface area (TPSA) is 52.7 Å². The molecule has 1 aromatic carbocycles. The van der Waals surface area contributed by atoms with Crippen molar-refractivity contribution in [2.24, 2.45) is 11.8 Å². The Bertz CT molecular complexity index is 613. The predicted molar refractivity (Wildman–Crippen MR) is 87.1 cm³/mol. The van der Waals surface area contributed by atoms with Crippen LogP contribution >= 0.6 is 0 Å². The number of nitrogens with zero attached hydrogens (tertiary/aromatic N) is 2. The number of hydrogen-bond acceptors (Lipinski definition) is 4. The Morgan fingerprint density at radius 1 is 1.18 bits per heavy atom. The van der Waals surface area contributed by atoms with Crippen molar-refractivity contribution < 1.29 is 8.42 Å². The molecule has 5 nitrogen and oxygen atoms in total. The zero-order chi connectivity index (χ0) is 15.7. The van der Waals surface area contributed by atoms with Crippen molar-refractivity contribution in [3.05, 3.63) is 29.8 Å². The number of rotatable bonds is 4. The van der Waals surface area contributed by atoms with E-state index in [0.29, 0.717) is 4.90 Å². The molecular weight excluding hydrogens is 298 g/mol. The second-order valence-corrected chi connectivity index (χ2v) is 8.79. The number of hydrogen-bond donors (Lipinski definition) is 1. The van der Waals surface area contributed by atoms with E-state index in [2.05, 4.69) is 10.2 Å². The van der Waals surface area contributed by atoms with Crippen molar-refractivity contribution >= 4 is 10.0 Å². The fraction of sp³-hybridized carbons (Fsp3) is 0.625. The average molecular weight is 323 g/mol. The summed E-state index contributed by atoms with van der Waals surface area (Å²) in [4.78, 5) is 2.85. The number of benzene rings is 1. The molecule has 3 rings (SSSR count). The fourth-order valence-electron chi connectivity index (χ4n) is 3.49. The summed E-state index contributed by atoms with van der Waals surface area (Å²) in [6, 6.07) is 7.31. The van der Waals surface area contributed by atoms with E-state index in [4.69, 9.17) is 0 Å². The van der Waals surface area contributed by atoms with Crippen LogP contribution in [0.1, 0.15) is 12.0 Å². The van der Waals surface area contributed by atoms with Crippen LogP contribution in [-0.4, -0.2) is 57.9 Å². The zero-order valence-electron chi connectivity index (χ0n) is 13.3. The number of nitrogens with one attached hydrogen (secondary N) is 1. The Labute approximate surface area is 133 Å². The maximum Gasteiger partial charge on any atom is 0.242 e. The van der Waals surface area contributed by atoms with E-state index in [1.165, 1.54) is 22.8 Å². The lowest BCUT2D eigenvalue weighted by atomic mass is 9.88. The van der Waals surface area contributed by atoms with Gasteiger partial charge in [0.05, 0.1) is 4.90 Å². The lowest BCUT2D eigenvalue weighted by Gasteiger charge is -2.34. The summed E-state index contributed by atoms with van der Waals surface area (Å²) < 4.78 is 25.4. The van der Waals surface area contributed by atoms with Gasteiger partial charge in [0.25, 0.3) is 0 Å². The first-order chi connectivity index (χ1) is 10.5. The van der Waals surface area contributed by atoms with Crippen LogP contribution in [0.4, 0.5) is 0 Å². The molecule has 0 spiro atoms. The monoisotopic (exact) mass is 323 g/mol. The van der Waals surface area contributed by atoms with Crippen molar-refractivity contribution in [1.29, 1.82) is 0 Å². The molecule has 0 radical (unpaired) electrons. The Kier molecular flexibility index (Phi) is 4.54. The molecule has 2 aliphatic rings. The van der Waals surface area contributed by atoms with Crippen LogP contribution in [0.2, 0.25) is 0 Å². The van der Waals surface area contributed by atoms with Crippen molar-refractivity contribution in [3.8, 4) is 0 Å². The van der Waals surface area contributed by atoms with E-state index >= 15 is 0 Å². The smallest absolute Gasteiger partial charge is 0.242 e.